The number of benzene rings is 1. The molecular weight excluding hydrogens is 358 g/mol. The summed E-state index contributed by atoms with van der Waals surface area (Å²) in [5.74, 6) is 0.630. The highest BCUT2D eigenvalue weighted by molar-refractivity contribution is 7.16. The molecule has 4 rings (SSSR count). The van der Waals surface area contributed by atoms with E-state index in [2.05, 4.69) is 17.6 Å². The second-order valence-electron chi connectivity index (χ2n) is 6.43. The van der Waals surface area contributed by atoms with Crippen LogP contribution in [0.2, 0.25) is 5.02 Å². The number of nitrogens with one attached hydrogen (secondary N) is 3. The number of carbonyl (C=O) groups is 1. The number of hydrogen-bond acceptors (Lipinski definition) is 4. The number of fused-ring (bicyclic) bond motifs is 3. The summed E-state index contributed by atoms with van der Waals surface area (Å²) in [6.07, 6.45) is 0.691. The first-order valence-corrected chi connectivity index (χ1v) is 9.69. The molecule has 0 bridgehead atoms. The Morgan fingerprint density at radius 2 is 2.24 bits per heavy atom. The van der Waals surface area contributed by atoms with Crippen LogP contribution >= 0.6 is 22.9 Å². The molecule has 1 unspecified atom stereocenters. The summed E-state index contributed by atoms with van der Waals surface area (Å²) in [4.78, 5) is 15.7. The van der Waals surface area contributed by atoms with Gasteiger partial charge in [-0.25, -0.2) is 0 Å². The highest BCUT2D eigenvalue weighted by Crippen LogP contribution is 2.39. The lowest BCUT2D eigenvalue weighted by Crippen LogP contribution is -3.11. The summed E-state index contributed by atoms with van der Waals surface area (Å²) in [5.41, 5.74) is 2.98. The molecule has 0 radical (unpaired) electrons. The number of anilines is 1. The molecule has 0 saturated heterocycles. The molecule has 5 nitrogen and oxygen atoms in total. The van der Waals surface area contributed by atoms with Crippen LogP contribution in [0.4, 0.5) is 5.00 Å². The number of thiophene rings is 1. The third kappa shape index (κ3) is 2.88. The first-order valence-electron chi connectivity index (χ1n) is 8.49. The third-order valence-electron chi connectivity index (χ3n) is 5.02. The second-order valence-corrected chi connectivity index (χ2v) is 7.95. The summed E-state index contributed by atoms with van der Waals surface area (Å²) in [5, 5.41) is 8.05. The molecule has 3 heterocycles. The van der Waals surface area contributed by atoms with Crippen LogP contribution in [0.25, 0.3) is 0 Å². The fourth-order valence-electron chi connectivity index (χ4n) is 3.58. The maximum absolute atomic E-state index is 12.8. The Morgan fingerprint density at radius 1 is 1.40 bits per heavy atom. The average Bonchev–Trinajstić information content (AvgIpc) is 2.99. The number of carbonyl (C=O) groups excluding carboxylic acids is 1. The Bertz CT molecular complexity index is 836. The van der Waals surface area contributed by atoms with Crippen LogP contribution in [-0.2, 0) is 13.0 Å². The van der Waals surface area contributed by atoms with Gasteiger partial charge in [-0.1, -0.05) is 17.7 Å². The van der Waals surface area contributed by atoms with Crippen LogP contribution < -0.4 is 20.3 Å². The van der Waals surface area contributed by atoms with E-state index >= 15 is 0 Å². The zero-order chi connectivity index (χ0) is 17.6. The first-order chi connectivity index (χ1) is 12.1. The molecule has 0 spiro atoms. The van der Waals surface area contributed by atoms with Crippen molar-refractivity contribution in [3.8, 4) is 5.75 Å². The fourth-order valence-corrected chi connectivity index (χ4v) is 5.19. The number of methoxy groups -OCH3 is 1. The van der Waals surface area contributed by atoms with Crippen LogP contribution in [0.1, 0.15) is 39.5 Å². The molecule has 1 amide bonds. The van der Waals surface area contributed by atoms with E-state index in [-0.39, 0.29) is 12.1 Å². The minimum atomic E-state index is -0.280. The molecular formula is C18H21ClN3O2S+. The van der Waals surface area contributed by atoms with E-state index in [9.17, 15) is 4.79 Å². The predicted octanol–water partition coefficient (Wildman–Crippen LogP) is 2.23. The molecule has 2 aromatic rings. The van der Waals surface area contributed by atoms with Crippen molar-refractivity contribution in [1.82, 2.24) is 5.32 Å². The van der Waals surface area contributed by atoms with E-state index in [1.54, 1.807) is 23.3 Å². The molecule has 2 atom stereocenters. The van der Waals surface area contributed by atoms with Crippen LogP contribution in [0.3, 0.4) is 0 Å². The summed E-state index contributed by atoms with van der Waals surface area (Å²) >= 11 is 7.95. The quantitative estimate of drug-likeness (QED) is 0.767. The van der Waals surface area contributed by atoms with Crippen molar-refractivity contribution in [2.45, 2.75) is 26.1 Å². The van der Waals surface area contributed by atoms with Crippen LogP contribution in [-0.4, -0.2) is 26.1 Å². The van der Waals surface area contributed by atoms with Gasteiger partial charge >= 0.3 is 0 Å². The Hall–Kier alpha value is -1.76. The molecule has 0 fully saturated rings. The summed E-state index contributed by atoms with van der Waals surface area (Å²) in [6, 6.07) is 5.58. The molecule has 0 saturated carbocycles. The molecule has 3 N–H and O–H groups in total. The maximum Gasteiger partial charge on any atom is 0.256 e. The Labute approximate surface area is 155 Å². The average molecular weight is 379 g/mol. The van der Waals surface area contributed by atoms with E-state index in [0.29, 0.717) is 10.8 Å². The van der Waals surface area contributed by atoms with Gasteiger partial charge in [0.05, 0.1) is 35.7 Å². The van der Waals surface area contributed by atoms with Crippen LogP contribution in [0.15, 0.2) is 18.2 Å². The highest BCUT2D eigenvalue weighted by Gasteiger charge is 2.34. The van der Waals surface area contributed by atoms with Gasteiger partial charge in [-0.2, -0.15) is 0 Å². The smallest absolute Gasteiger partial charge is 0.256 e. The van der Waals surface area contributed by atoms with Crippen molar-refractivity contribution in [1.29, 1.82) is 0 Å². The van der Waals surface area contributed by atoms with E-state index < -0.39 is 0 Å². The van der Waals surface area contributed by atoms with Gasteiger partial charge in [0.1, 0.15) is 23.5 Å². The van der Waals surface area contributed by atoms with Crippen molar-refractivity contribution < 1.29 is 14.4 Å². The lowest BCUT2D eigenvalue weighted by molar-refractivity contribution is -0.913. The second kappa shape index (κ2) is 6.52. The van der Waals surface area contributed by atoms with E-state index in [4.69, 9.17) is 16.3 Å². The largest absolute Gasteiger partial charge is 0.495 e. The van der Waals surface area contributed by atoms with Gasteiger partial charge in [-0.15, -0.1) is 11.3 Å². The molecule has 0 aliphatic carbocycles. The topological polar surface area (TPSA) is 54.8 Å². The molecule has 7 heteroatoms. The van der Waals surface area contributed by atoms with E-state index in [1.165, 1.54) is 10.4 Å². The monoisotopic (exact) mass is 378 g/mol. The molecule has 1 aromatic carbocycles. The molecule has 2 aliphatic rings. The van der Waals surface area contributed by atoms with Gasteiger partial charge in [0.15, 0.2) is 0 Å². The number of ether oxygens (including phenoxy) is 1. The van der Waals surface area contributed by atoms with Crippen molar-refractivity contribution in [3.05, 3.63) is 44.8 Å². The number of hydrogen-bond donors (Lipinski definition) is 3. The van der Waals surface area contributed by atoms with Gasteiger partial charge < -0.3 is 20.3 Å². The van der Waals surface area contributed by atoms with Gasteiger partial charge in [0, 0.05) is 6.42 Å². The minimum Gasteiger partial charge on any atom is -0.495 e. The molecule has 25 heavy (non-hydrogen) atoms. The highest BCUT2D eigenvalue weighted by atomic mass is 35.5. The lowest BCUT2D eigenvalue weighted by Gasteiger charge is -2.27. The van der Waals surface area contributed by atoms with Crippen molar-refractivity contribution in [3.63, 3.8) is 0 Å². The minimum absolute atomic E-state index is 0.00291. The third-order valence-corrected chi connectivity index (χ3v) is 6.48. The number of amides is 1. The van der Waals surface area contributed by atoms with Gasteiger partial charge in [-0.05, 0) is 30.2 Å². The summed E-state index contributed by atoms with van der Waals surface area (Å²) in [7, 11) is 1.59. The molecule has 132 valence electrons. The predicted molar refractivity (Wildman–Crippen MR) is 99.9 cm³/mol. The molecule has 2 aliphatic heterocycles. The van der Waals surface area contributed by atoms with Gasteiger partial charge in [-0.3, -0.25) is 4.79 Å². The van der Waals surface area contributed by atoms with E-state index in [1.807, 2.05) is 18.2 Å². The summed E-state index contributed by atoms with van der Waals surface area (Å²) in [6.45, 7) is 5.44. The van der Waals surface area contributed by atoms with Crippen LogP contribution in [0, 0.1) is 0 Å². The standard InChI is InChI=1S/C18H20ClN3O2S/c1-3-22-7-6-11-14(9-22)25-18-15(11)17(23)20-16(21-18)10-4-5-13(24-2)12(19)8-10/h4-5,8,16,21H,3,6-7,9H2,1-2H3,(H,20,23)/p+1/t16-/m1/s1. The maximum atomic E-state index is 12.8. The van der Waals surface area contributed by atoms with Gasteiger partial charge in [0.2, 0.25) is 0 Å². The number of halogens is 1. The Balaban J connectivity index is 1.65. The number of likely N-dealkylation sites (N-methyl/N-ethyl adjacent to an activating group) is 1. The zero-order valence-electron chi connectivity index (χ0n) is 14.2. The van der Waals surface area contributed by atoms with Crippen molar-refractivity contribution >= 4 is 33.8 Å². The lowest BCUT2D eigenvalue weighted by atomic mass is 10.0. The Kier molecular flexibility index (Phi) is 4.35. The van der Waals surface area contributed by atoms with Crippen molar-refractivity contribution in [2.75, 3.05) is 25.5 Å². The van der Waals surface area contributed by atoms with Crippen molar-refractivity contribution in [2.24, 2.45) is 0 Å². The zero-order valence-corrected chi connectivity index (χ0v) is 15.8. The number of quaternary nitrogens is 1. The SMILES string of the molecule is CC[NH+]1CCc2c(sc3c2C(=O)N[C@@H](c2ccc(OC)c(Cl)c2)N3)C1. The summed E-state index contributed by atoms with van der Waals surface area (Å²) < 4.78 is 5.20. The molecule has 1 aromatic heterocycles. The van der Waals surface area contributed by atoms with Crippen LogP contribution in [0.5, 0.6) is 5.75 Å². The van der Waals surface area contributed by atoms with Gasteiger partial charge in [0.25, 0.3) is 5.91 Å². The Morgan fingerprint density at radius 3 is 2.96 bits per heavy atom. The number of rotatable bonds is 3. The van der Waals surface area contributed by atoms with E-state index in [0.717, 1.165) is 42.2 Å². The first kappa shape index (κ1) is 16.7. The normalized spacial score (nSPS) is 21.8. The fraction of sp³-hybridized carbons (Fsp3) is 0.389.